The molecule has 2 N–H and O–H groups in total. The Bertz CT molecular complexity index is 549. The lowest BCUT2D eigenvalue weighted by atomic mass is 9.91. The molecule has 1 atom stereocenters. The minimum Gasteiger partial charge on any atom is -0.508 e. The van der Waals surface area contributed by atoms with Crippen molar-refractivity contribution in [1.29, 1.82) is 0 Å². The minimum atomic E-state index is -0.889. The van der Waals surface area contributed by atoms with Gasteiger partial charge < -0.3 is 15.3 Å². The van der Waals surface area contributed by atoms with Gasteiger partial charge in [0.2, 0.25) is 11.8 Å². The van der Waals surface area contributed by atoms with Crippen LogP contribution in [0.2, 0.25) is 0 Å². The van der Waals surface area contributed by atoms with E-state index in [1.54, 1.807) is 43.0 Å². The number of aromatic hydroxyl groups is 1. The van der Waals surface area contributed by atoms with E-state index in [0.29, 0.717) is 6.54 Å². The molecule has 21 heavy (non-hydrogen) atoms. The first kappa shape index (κ1) is 15.4. The van der Waals surface area contributed by atoms with Crippen LogP contribution in [-0.2, 0) is 16.1 Å². The van der Waals surface area contributed by atoms with Crippen LogP contribution < -0.4 is 5.32 Å². The Morgan fingerprint density at radius 3 is 2.33 bits per heavy atom. The summed E-state index contributed by atoms with van der Waals surface area (Å²) < 4.78 is 0. The third-order valence-electron chi connectivity index (χ3n) is 3.99. The number of hydrogen-bond donors (Lipinski definition) is 2. The first-order chi connectivity index (χ1) is 9.73. The molecule has 0 spiro atoms. The summed E-state index contributed by atoms with van der Waals surface area (Å²) in [6, 6.07) is 6.20. The summed E-state index contributed by atoms with van der Waals surface area (Å²) >= 11 is 0. The predicted octanol–water partition coefficient (Wildman–Crippen LogP) is 1.65. The minimum absolute atomic E-state index is 0.0415. The Morgan fingerprint density at radius 1 is 1.24 bits per heavy atom. The molecule has 0 bridgehead atoms. The molecule has 0 saturated carbocycles. The zero-order chi connectivity index (χ0) is 15.8. The number of carbonyl (C=O) groups is 2. The highest BCUT2D eigenvalue weighted by Crippen LogP contribution is 2.26. The van der Waals surface area contributed by atoms with Gasteiger partial charge in [-0.15, -0.1) is 0 Å². The molecule has 1 aliphatic rings. The van der Waals surface area contributed by atoms with Crippen LogP contribution >= 0.6 is 0 Å². The summed E-state index contributed by atoms with van der Waals surface area (Å²) in [5, 5.41) is 12.1. The van der Waals surface area contributed by atoms with Gasteiger partial charge in [-0.2, -0.15) is 0 Å². The zero-order valence-electron chi connectivity index (χ0n) is 12.9. The highest BCUT2D eigenvalue weighted by atomic mass is 16.3. The van der Waals surface area contributed by atoms with Crippen molar-refractivity contribution in [3.8, 4) is 5.75 Å². The predicted molar refractivity (Wildman–Crippen MR) is 79.5 cm³/mol. The molecule has 1 aliphatic heterocycles. The second-order valence-corrected chi connectivity index (χ2v) is 6.34. The summed E-state index contributed by atoms with van der Waals surface area (Å²) in [4.78, 5) is 26.6. The van der Waals surface area contributed by atoms with Crippen LogP contribution in [-0.4, -0.2) is 33.4 Å². The number of amides is 2. The van der Waals surface area contributed by atoms with Gasteiger partial charge in [-0.05, 0) is 37.5 Å². The van der Waals surface area contributed by atoms with Gasteiger partial charge in [0.1, 0.15) is 17.3 Å². The topological polar surface area (TPSA) is 69.6 Å². The van der Waals surface area contributed by atoms with E-state index < -0.39 is 11.6 Å². The maximum absolute atomic E-state index is 12.7. The number of nitrogens with zero attached hydrogens (tertiary/aromatic N) is 1. The molecule has 1 saturated heterocycles. The van der Waals surface area contributed by atoms with Gasteiger partial charge in [-0.3, -0.25) is 9.59 Å². The second-order valence-electron chi connectivity index (χ2n) is 6.34. The maximum Gasteiger partial charge on any atom is 0.246 e. The summed E-state index contributed by atoms with van der Waals surface area (Å²) in [5.41, 5.74) is -0.00758. The summed E-state index contributed by atoms with van der Waals surface area (Å²) in [7, 11) is 0. The van der Waals surface area contributed by atoms with Gasteiger partial charge in [0.25, 0.3) is 0 Å². The van der Waals surface area contributed by atoms with Gasteiger partial charge in [0.15, 0.2) is 0 Å². The molecule has 0 radical (unpaired) electrons. The van der Waals surface area contributed by atoms with E-state index in [2.05, 4.69) is 5.32 Å². The third-order valence-corrected chi connectivity index (χ3v) is 3.99. The monoisotopic (exact) mass is 290 g/mol. The molecule has 2 amide bonds. The fourth-order valence-electron chi connectivity index (χ4n) is 2.46. The molecule has 114 valence electrons. The number of hydrogen-bond acceptors (Lipinski definition) is 3. The van der Waals surface area contributed by atoms with Gasteiger partial charge >= 0.3 is 0 Å². The van der Waals surface area contributed by atoms with Crippen LogP contribution in [0.5, 0.6) is 5.75 Å². The molecule has 0 aromatic heterocycles. The molecule has 1 aromatic carbocycles. The molecular weight excluding hydrogens is 268 g/mol. The van der Waals surface area contributed by atoms with Crippen molar-refractivity contribution in [3.05, 3.63) is 29.8 Å². The van der Waals surface area contributed by atoms with E-state index in [4.69, 9.17) is 0 Å². The van der Waals surface area contributed by atoms with E-state index >= 15 is 0 Å². The quantitative estimate of drug-likeness (QED) is 0.889. The normalized spacial score (nSPS) is 21.6. The van der Waals surface area contributed by atoms with Crippen LogP contribution in [0.3, 0.4) is 0 Å². The van der Waals surface area contributed by atoms with Crippen molar-refractivity contribution in [3.63, 3.8) is 0 Å². The van der Waals surface area contributed by atoms with E-state index in [1.807, 2.05) is 13.8 Å². The van der Waals surface area contributed by atoms with E-state index in [0.717, 1.165) is 5.56 Å². The molecular formula is C16H22N2O3. The number of rotatable bonds is 3. The van der Waals surface area contributed by atoms with Gasteiger partial charge in [-0.25, -0.2) is 0 Å². The zero-order valence-corrected chi connectivity index (χ0v) is 12.9. The van der Waals surface area contributed by atoms with Crippen LogP contribution in [0.4, 0.5) is 0 Å². The number of nitrogens with one attached hydrogen (secondary N) is 1. The van der Waals surface area contributed by atoms with Crippen molar-refractivity contribution in [2.45, 2.75) is 45.8 Å². The Labute approximate surface area is 125 Å². The summed E-state index contributed by atoms with van der Waals surface area (Å²) in [5.74, 6) is 0.0166. The van der Waals surface area contributed by atoms with Crippen LogP contribution in [0.1, 0.15) is 33.3 Å². The first-order valence-electron chi connectivity index (χ1n) is 7.14. The van der Waals surface area contributed by atoms with Crippen molar-refractivity contribution in [2.75, 3.05) is 0 Å². The lowest BCUT2D eigenvalue weighted by Crippen LogP contribution is -2.69. The van der Waals surface area contributed by atoms with Crippen LogP contribution in [0.25, 0.3) is 0 Å². The maximum atomic E-state index is 12.7. The largest absolute Gasteiger partial charge is 0.508 e. The second kappa shape index (κ2) is 5.39. The van der Waals surface area contributed by atoms with E-state index in [-0.39, 0.29) is 23.5 Å². The van der Waals surface area contributed by atoms with Crippen LogP contribution in [0.15, 0.2) is 24.3 Å². The third kappa shape index (κ3) is 2.86. The smallest absolute Gasteiger partial charge is 0.246 e. The van der Waals surface area contributed by atoms with Crippen molar-refractivity contribution in [2.24, 2.45) is 5.92 Å². The number of benzene rings is 1. The fraction of sp³-hybridized carbons (Fsp3) is 0.500. The average Bonchev–Trinajstić information content (AvgIpc) is 2.41. The van der Waals surface area contributed by atoms with Gasteiger partial charge in [0.05, 0.1) is 0 Å². The van der Waals surface area contributed by atoms with Gasteiger partial charge in [0, 0.05) is 6.54 Å². The summed E-state index contributed by atoms with van der Waals surface area (Å²) in [6.45, 7) is 7.68. The average molecular weight is 290 g/mol. The number of phenols is 1. The Morgan fingerprint density at radius 2 is 1.81 bits per heavy atom. The molecule has 1 fully saturated rings. The lowest BCUT2D eigenvalue weighted by molar-refractivity contribution is -0.157. The van der Waals surface area contributed by atoms with Crippen molar-refractivity contribution >= 4 is 11.8 Å². The lowest BCUT2D eigenvalue weighted by Gasteiger charge is -2.45. The van der Waals surface area contributed by atoms with Gasteiger partial charge in [-0.1, -0.05) is 26.0 Å². The molecule has 5 heteroatoms. The molecule has 1 heterocycles. The number of phenolic OH excluding ortho intramolecular Hbond substituents is 1. The Balaban J connectivity index is 2.30. The molecule has 0 aliphatic carbocycles. The highest BCUT2D eigenvalue weighted by molar-refractivity contribution is 5.99. The van der Waals surface area contributed by atoms with Crippen LogP contribution in [0, 0.1) is 5.92 Å². The fourth-order valence-corrected chi connectivity index (χ4v) is 2.46. The first-order valence-corrected chi connectivity index (χ1v) is 7.14. The summed E-state index contributed by atoms with van der Waals surface area (Å²) in [6.07, 6.45) is 0. The number of carbonyl (C=O) groups excluding carboxylic acids is 2. The van der Waals surface area contributed by atoms with E-state index in [9.17, 15) is 14.7 Å². The molecule has 5 nitrogen and oxygen atoms in total. The molecule has 1 unspecified atom stereocenters. The molecule has 2 rings (SSSR count). The Kier molecular flexibility index (Phi) is 3.94. The van der Waals surface area contributed by atoms with Crippen molar-refractivity contribution < 1.29 is 14.7 Å². The SMILES string of the molecule is CC(C)C1NC(=O)C(C)(C)N(Cc2ccc(O)cc2)C1=O. The standard InChI is InChI=1S/C16H22N2O3/c1-10(2)13-14(20)18(16(3,4)15(21)17-13)9-11-5-7-12(19)8-6-11/h5-8,10,13,19H,9H2,1-4H3,(H,17,21). The highest BCUT2D eigenvalue weighted by Gasteiger charge is 2.46. The van der Waals surface area contributed by atoms with E-state index in [1.165, 1.54) is 0 Å². The van der Waals surface area contributed by atoms with Crippen molar-refractivity contribution in [1.82, 2.24) is 10.2 Å². The Hall–Kier alpha value is -2.04. The number of piperazine rings is 1. The molecule has 1 aromatic rings.